The van der Waals surface area contributed by atoms with Crippen LogP contribution in [-0.2, 0) is 10.8 Å². The molecule has 1 aliphatic rings. The van der Waals surface area contributed by atoms with E-state index >= 15 is 0 Å². The standard InChI is InChI=1S/C63H47N5/c1-62(2)33-34-63(3,4)52-37-56-50(36-51(52)62)58-55(32-31-54-57(58)48-26-14-15-28-53(48)67(54)40-19-6-5-7-20-40)68(56)61-65-59(64-60(66-61)47-27-16-18-38-17-8-9-21-41(38)47)39-29-30-46-44-24-11-10-22-42(44)43-23-12-13-25-45(43)49(46)35-39/h5-32,35-37H,33-34H2,1-4H3. The summed E-state index contributed by atoms with van der Waals surface area (Å²) in [5.74, 6) is 1.87. The van der Waals surface area contributed by atoms with Crippen molar-refractivity contribution in [2.24, 2.45) is 0 Å². The number of hydrogen-bond acceptors (Lipinski definition) is 3. The molecule has 0 bridgehead atoms. The summed E-state index contributed by atoms with van der Waals surface area (Å²) in [6, 6.07) is 68.5. The zero-order chi connectivity index (χ0) is 45.5. The lowest BCUT2D eigenvalue weighted by Gasteiger charge is -2.42. The summed E-state index contributed by atoms with van der Waals surface area (Å²) in [4.78, 5) is 16.6. The Morgan fingerprint density at radius 2 is 0.912 bits per heavy atom. The molecule has 0 saturated heterocycles. The number of benzene rings is 10. The van der Waals surface area contributed by atoms with Crippen molar-refractivity contribution in [3.8, 4) is 34.4 Å². The molecular weight excluding hydrogens is 827 g/mol. The number of para-hydroxylation sites is 2. The van der Waals surface area contributed by atoms with Crippen molar-refractivity contribution in [1.29, 1.82) is 0 Å². The Kier molecular flexibility index (Phi) is 8.14. The van der Waals surface area contributed by atoms with E-state index in [4.69, 9.17) is 15.0 Å². The van der Waals surface area contributed by atoms with Crippen LogP contribution in [0.1, 0.15) is 51.7 Å². The normalized spacial score (nSPS) is 14.6. The van der Waals surface area contributed by atoms with Gasteiger partial charge in [0.1, 0.15) is 0 Å². The first-order valence-electron chi connectivity index (χ1n) is 23.9. The van der Waals surface area contributed by atoms with Gasteiger partial charge >= 0.3 is 0 Å². The Balaban J connectivity index is 1.13. The van der Waals surface area contributed by atoms with Crippen LogP contribution in [0.15, 0.2) is 188 Å². The minimum Gasteiger partial charge on any atom is -0.309 e. The summed E-state index contributed by atoms with van der Waals surface area (Å²) in [6.45, 7) is 9.68. The predicted molar refractivity (Wildman–Crippen MR) is 285 cm³/mol. The van der Waals surface area contributed by atoms with Gasteiger partial charge in [0.15, 0.2) is 11.6 Å². The lowest BCUT2D eigenvalue weighted by atomic mass is 9.63. The highest BCUT2D eigenvalue weighted by atomic mass is 15.2. The molecule has 10 aromatic carbocycles. The number of hydrogen-bond donors (Lipinski definition) is 0. The van der Waals surface area contributed by atoms with E-state index in [2.05, 4.69) is 225 Å². The highest BCUT2D eigenvalue weighted by Gasteiger charge is 2.38. The highest BCUT2D eigenvalue weighted by molar-refractivity contribution is 6.29. The minimum absolute atomic E-state index is 0.00680. The molecule has 14 rings (SSSR count). The fraction of sp³-hybridized carbons (Fsp3) is 0.127. The predicted octanol–water partition coefficient (Wildman–Crippen LogP) is 16.4. The SMILES string of the molecule is CC1(C)CCC(C)(C)c2cc3c(cc21)c1c2c4ccccc4n(-c4ccccc4)c2ccc1n3-c1nc(-c2ccc3c4ccccc4c4ccccc4c3c2)nc(-c2cccc3ccccc23)n1. The van der Waals surface area contributed by atoms with Crippen molar-refractivity contribution >= 4 is 86.7 Å². The molecule has 0 N–H and O–H groups in total. The van der Waals surface area contributed by atoms with Gasteiger partial charge in [0.25, 0.3) is 0 Å². The lowest BCUT2D eigenvalue weighted by Crippen LogP contribution is -2.33. The second-order valence-corrected chi connectivity index (χ2v) is 20.2. The molecule has 0 fully saturated rings. The van der Waals surface area contributed by atoms with Gasteiger partial charge in [-0.25, -0.2) is 4.98 Å². The number of aromatic nitrogens is 5. The largest absolute Gasteiger partial charge is 0.309 e. The van der Waals surface area contributed by atoms with Crippen LogP contribution in [0.5, 0.6) is 0 Å². The molecule has 3 heterocycles. The number of rotatable bonds is 4. The minimum atomic E-state index is -0.0185. The van der Waals surface area contributed by atoms with Gasteiger partial charge in [-0.15, -0.1) is 0 Å². The van der Waals surface area contributed by atoms with Crippen LogP contribution in [-0.4, -0.2) is 24.1 Å². The Morgan fingerprint density at radius 3 is 1.63 bits per heavy atom. The average molecular weight is 874 g/mol. The molecule has 324 valence electrons. The maximum Gasteiger partial charge on any atom is 0.238 e. The van der Waals surface area contributed by atoms with Gasteiger partial charge < -0.3 is 4.57 Å². The zero-order valence-corrected chi connectivity index (χ0v) is 38.5. The molecule has 0 saturated carbocycles. The van der Waals surface area contributed by atoms with E-state index in [9.17, 15) is 0 Å². The number of fused-ring (bicyclic) bond motifs is 15. The second kappa shape index (κ2) is 14.2. The van der Waals surface area contributed by atoms with Crippen molar-refractivity contribution in [2.75, 3.05) is 0 Å². The van der Waals surface area contributed by atoms with Gasteiger partial charge in [-0.3, -0.25) is 4.57 Å². The lowest BCUT2D eigenvalue weighted by molar-refractivity contribution is 0.332. The molecule has 0 amide bonds. The molecule has 0 aliphatic heterocycles. The summed E-state index contributed by atoms with van der Waals surface area (Å²) in [5, 5.41) is 14.4. The van der Waals surface area contributed by atoms with Crippen LogP contribution in [0.25, 0.3) is 121 Å². The molecule has 0 spiro atoms. The summed E-state index contributed by atoms with van der Waals surface area (Å²) < 4.78 is 4.77. The van der Waals surface area contributed by atoms with Gasteiger partial charge in [-0.2, -0.15) is 9.97 Å². The van der Waals surface area contributed by atoms with Gasteiger partial charge in [-0.1, -0.05) is 167 Å². The Bertz CT molecular complexity index is 4220. The molecule has 0 atom stereocenters. The van der Waals surface area contributed by atoms with Crippen molar-refractivity contribution < 1.29 is 0 Å². The van der Waals surface area contributed by atoms with Crippen LogP contribution in [0.4, 0.5) is 0 Å². The van der Waals surface area contributed by atoms with E-state index in [-0.39, 0.29) is 10.8 Å². The van der Waals surface area contributed by atoms with E-state index in [1.165, 1.54) is 76.0 Å². The zero-order valence-electron chi connectivity index (χ0n) is 38.5. The second-order valence-electron chi connectivity index (χ2n) is 20.2. The van der Waals surface area contributed by atoms with Crippen LogP contribution in [0.3, 0.4) is 0 Å². The summed E-state index contributed by atoms with van der Waals surface area (Å²) >= 11 is 0. The maximum atomic E-state index is 5.61. The first-order chi connectivity index (χ1) is 33.2. The van der Waals surface area contributed by atoms with Crippen molar-refractivity contribution in [1.82, 2.24) is 24.1 Å². The van der Waals surface area contributed by atoms with Gasteiger partial charge in [0, 0.05) is 38.4 Å². The van der Waals surface area contributed by atoms with Crippen LogP contribution >= 0.6 is 0 Å². The van der Waals surface area contributed by atoms with E-state index < -0.39 is 0 Å². The topological polar surface area (TPSA) is 48.5 Å². The van der Waals surface area contributed by atoms with Crippen LogP contribution < -0.4 is 0 Å². The summed E-state index contributed by atoms with van der Waals surface area (Å²) in [6.07, 6.45) is 2.24. The molecule has 1 aliphatic carbocycles. The molecule has 68 heavy (non-hydrogen) atoms. The molecule has 13 aromatic rings. The third kappa shape index (κ3) is 5.59. The molecule has 0 unspecified atom stereocenters. The van der Waals surface area contributed by atoms with Crippen molar-refractivity contribution in [2.45, 2.75) is 51.4 Å². The van der Waals surface area contributed by atoms with Crippen LogP contribution in [0.2, 0.25) is 0 Å². The molecule has 5 nitrogen and oxygen atoms in total. The Labute approximate surface area is 394 Å². The van der Waals surface area contributed by atoms with Crippen molar-refractivity contribution in [3.63, 3.8) is 0 Å². The highest BCUT2D eigenvalue weighted by Crippen LogP contribution is 2.50. The van der Waals surface area contributed by atoms with E-state index in [1.807, 2.05) is 0 Å². The maximum absolute atomic E-state index is 5.61. The quantitative estimate of drug-likeness (QED) is 0.166. The van der Waals surface area contributed by atoms with E-state index in [1.54, 1.807) is 0 Å². The van der Waals surface area contributed by atoms with Gasteiger partial charge in [0.2, 0.25) is 5.95 Å². The third-order valence-electron chi connectivity index (χ3n) is 15.4. The molecule has 5 heteroatoms. The van der Waals surface area contributed by atoms with E-state index in [0.717, 1.165) is 51.5 Å². The fourth-order valence-corrected chi connectivity index (χ4v) is 11.9. The molecule has 3 aromatic heterocycles. The number of nitrogens with zero attached hydrogens (tertiary/aromatic N) is 5. The van der Waals surface area contributed by atoms with Gasteiger partial charge in [-0.05, 0) is 126 Å². The van der Waals surface area contributed by atoms with Crippen molar-refractivity contribution in [3.05, 3.63) is 199 Å². The van der Waals surface area contributed by atoms with Crippen LogP contribution in [0, 0.1) is 0 Å². The first-order valence-corrected chi connectivity index (χ1v) is 23.9. The summed E-state index contributed by atoms with van der Waals surface area (Å²) in [5.41, 5.74) is 10.4. The average Bonchev–Trinajstić information content (AvgIpc) is 3.90. The fourth-order valence-electron chi connectivity index (χ4n) is 11.9. The molecular formula is C63H47N5. The summed E-state index contributed by atoms with van der Waals surface area (Å²) in [7, 11) is 0. The van der Waals surface area contributed by atoms with Gasteiger partial charge in [0.05, 0.1) is 22.1 Å². The molecule has 0 radical (unpaired) electrons. The first kappa shape index (κ1) is 39.1. The van der Waals surface area contributed by atoms with E-state index in [0.29, 0.717) is 17.6 Å². The third-order valence-corrected chi connectivity index (χ3v) is 15.4. The Hall–Kier alpha value is -8.15. The monoisotopic (exact) mass is 873 g/mol. The Morgan fingerprint density at radius 1 is 0.368 bits per heavy atom. The smallest absolute Gasteiger partial charge is 0.238 e.